The average Bonchev–Trinajstić information content (AvgIpc) is 2.71. The van der Waals surface area contributed by atoms with Crippen LogP contribution < -0.4 is 20.7 Å². The lowest BCUT2D eigenvalue weighted by Gasteiger charge is -2.01. The van der Waals surface area contributed by atoms with Crippen molar-refractivity contribution in [3.8, 4) is 11.5 Å². The van der Waals surface area contributed by atoms with E-state index in [1.54, 1.807) is 0 Å². The molecule has 0 saturated heterocycles. The van der Waals surface area contributed by atoms with E-state index in [1.807, 2.05) is 18.2 Å². The van der Waals surface area contributed by atoms with Gasteiger partial charge in [-0.1, -0.05) is 6.07 Å². The van der Waals surface area contributed by atoms with Crippen molar-refractivity contribution in [1.82, 2.24) is 5.43 Å². The van der Waals surface area contributed by atoms with Gasteiger partial charge >= 0.3 is 10.4 Å². The Morgan fingerprint density at radius 1 is 1.28 bits per heavy atom. The van der Waals surface area contributed by atoms with Crippen LogP contribution in [0.2, 0.25) is 0 Å². The Morgan fingerprint density at radius 2 is 1.89 bits per heavy atom. The molecule has 1 aliphatic heterocycles. The van der Waals surface area contributed by atoms with E-state index in [2.05, 4.69) is 5.43 Å². The minimum Gasteiger partial charge on any atom is -0.454 e. The zero-order valence-electron chi connectivity index (χ0n) is 9.37. The Hall–Kier alpha value is -1.39. The van der Waals surface area contributed by atoms with E-state index in [0.29, 0.717) is 6.79 Å². The summed E-state index contributed by atoms with van der Waals surface area (Å²) in [6, 6.07) is 5.93. The Labute approximate surface area is 104 Å². The Morgan fingerprint density at radius 3 is 2.50 bits per heavy atom. The third-order valence-corrected chi connectivity index (χ3v) is 1.99. The molecule has 1 aliphatic rings. The van der Waals surface area contributed by atoms with E-state index in [1.165, 1.54) is 5.56 Å². The Kier molecular flexibility index (Phi) is 5.31. The smallest absolute Gasteiger partial charge is 0.394 e. The molecule has 8 nitrogen and oxygen atoms in total. The summed E-state index contributed by atoms with van der Waals surface area (Å²) in [7, 11) is -4.67. The van der Waals surface area contributed by atoms with Crippen LogP contribution in [0.4, 0.5) is 0 Å². The summed E-state index contributed by atoms with van der Waals surface area (Å²) in [5.41, 5.74) is 3.81. The van der Waals surface area contributed by atoms with Crippen LogP contribution in [0.15, 0.2) is 18.2 Å². The highest BCUT2D eigenvalue weighted by atomic mass is 32.3. The second kappa shape index (κ2) is 6.52. The van der Waals surface area contributed by atoms with Gasteiger partial charge in [-0.25, -0.2) is 0 Å². The molecule has 9 heteroatoms. The molecule has 0 aromatic heterocycles. The van der Waals surface area contributed by atoms with Crippen LogP contribution in [0.1, 0.15) is 5.56 Å². The first-order valence-corrected chi connectivity index (χ1v) is 6.31. The van der Waals surface area contributed by atoms with Crippen LogP contribution in [0, 0.1) is 0 Å². The maximum absolute atomic E-state index is 8.74. The molecule has 0 amide bonds. The molecule has 0 unspecified atom stereocenters. The topological polar surface area (TPSA) is 131 Å². The zero-order chi connectivity index (χ0) is 13.6. The number of ether oxygens (including phenoxy) is 2. The van der Waals surface area contributed by atoms with Crippen LogP contribution in [0.3, 0.4) is 0 Å². The summed E-state index contributed by atoms with van der Waals surface area (Å²) in [5.74, 6) is 6.84. The van der Waals surface area contributed by atoms with Crippen molar-refractivity contribution < 1.29 is 27.0 Å². The van der Waals surface area contributed by atoms with Crippen LogP contribution in [0.5, 0.6) is 11.5 Å². The molecule has 18 heavy (non-hydrogen) atoms. The standard InChI is InChI=1S/C9H12N2O2.H2O4S/c10-11-4-3-7-1-2-8-9(5-7)13-6-12-8;1-5(2,3)4/h1-2,5,11H,3-4,6,10H2;(H2,1,2,3,4). The molecule has 1 aromatic rings. The highest BCUT2D eigenvalue weighted by Crippen LogP contribution is 2.32. The predicted octanol–water partition coefficient (Wildman–Crippen LogP) is -0.232. The summed E-state index contributed by atoms with van der Waals surface area (Å²) >= 11 is 0. The van der Waals surface area contributed by atoms with Gasteiger partial charge in [0.15, 0.2) is 11.5 Å². The van der Waals surface area contributed by atoms with Crippen molar-refractivity contribution in [3.63, 3.8) is 0 Å². The van der Waals surface area contributed by atoms with E-state index < -0.39 is 10.4 Å². The third kappa shape index (κ3) is 5.80. The van der Waals surface area contributed by atoms with E-state index >= 15 is 0 Å². The van der Waals surface area contributed by atoms with Crippen molar-refractivity contribution in [1.29, 1.82) is 0 Å². The molecule has 0 radical (unpaired) electrons. The molecule has 0 saturated carbocycles. The van der Waals surface area contributed by atoms with Gasteiger partial charge in [0.2, 0.25) is 6.79 Å². The number of hydrogen-bond donors (Lipinski definition) is 4. The number of hydrazine groups is 1. The average molecular weight is 278 g/mol. The highest BCUT2D eigenvalue weighted by molar-refractivity contribution is 7.79. The quantitative estimate of drug-likeness (QED) is 0.339. The van der Waals surface area contributed by atoms with Gasteiger partial charge in [0.25, 0.3) is 0 Å². The predicted molar refractivity (Wildman–Crippen MR) is 62.6 cm³/mol. The lowest BCUT2D eigenvalue weighted by Crippen LogP contribution is -2.24. The maximum Gasteiger partial charge on any atom is 0.394 e. The molecule has 0 atom stereocenters. The summed E-state index contributed by atoms with van der Waals surface area (Å²) in [6.07, 6.45) is 0.896. The van der Waals surface area contributed by atoms with Gasteiger partial charge in [-0.05, 0) is 24.1 Å². The first-order valence-electron chi connectivity index (χ1n) is 4.92. The molecule has 102 valence electrons. The molecule has 1 aromatic carbocycles. The second-order valence-electron chi connectivity index (χ2n) is 3.34. The fourth-order valence-corrected chi connectivity index (χ4v) is 1.31. The van der Waals surface area contributed by atoms with Crippen molar-refractivity contribution in [2.24, 2.45) is 5.84 Å². The largest absolute Gasteiger partial charge is 0.454 e. The number of nitrogens with one attached hydrogen (secondary N) is 1. The van der Waals surface area contributed by atoms with Gasteiger partial charge in [0, 0.05) is 6.54 Å². The van der Waals surface area contributed by atoms with Gasteiger partial charge in [-0.15, -0.1) is 0 Å². The third-order valence-electron chi connectivity index (χ3n) is 1.99. The van der Waals surface area contributed by atoms with E-state index in [9.17, 15) is 0 Å². The van der Waals surface area contributed by atoms with Crippen LogP contribution in [0.25, 0.3) is 0 Å². The molecular weight excluding hydrogens is 264 g/mol. The fraction of sp³-hybridized carbons (Fsp3) is 0.333. The molecule has 0 fully saturated rings. The van der Waals surface area contributed by atoms with Gasteiger partial charge in [0.05, 0.1) is 0 Å². The summed E-state index contributed by atoms with van der Waals surface area (Å²) < 4.78 is 42.0. The van der Waals surface area contributed by atoms with Crippen LogP contribution in [-0.4, -0.2) is 30.9 Å². The van der Waals surface area contributed by atoms with E-state index in [-0.39, 0.29) is 0 Å². The number of fused-ring (bicyclic) bond motifs is 1. The van der Waals surface area contributed by atoms with Gasteiger partial charge in [-0.3, -0.25) is 20.4 Å². The van der Waals surface area contributed by atoms with E-state index in [0.717, 1.165) is 24.5 Å². The minimum atomic E-state index is -4.67. The second-order valence-corrected chi connectivity index (χ2v) is 4.24. The molecule has 2 rings (SSSR count). The number of benzene rings is 1. The molecule has 0 spiro atoms. The van der Waals surface area contributed by atoms with Gasteiger partial charge < -0.3 is 9.47 Å². The van der Waals surface area contributed by atoms with Crippen LogP contribution >= 0.6 is 0 Å². The highest BCUT2D eigenvalue weighted by Gasteiger charge is 2.12. The number of hydrogen-bond acceptors (Lipinski definition) is 6. The molecular formula is C9H14N2O6S. The van der Waals surface area contributed by atoms with Gasteiger partial charge in [0.1, 0.15) is 0 Å². The fourth-order valence-electron chi connectivity index (χ4n) is 1.31. The van der Waals surface area contributed by atoms with E-state index in [4.69, 9.17) is 32.8 Å². The zero-order valence-corrected chi connectivity index (χ0v) is 10.2. The Bertz CT molecular complexity index is 482. The lowest BCUT2D eigenvalue weighted by molar-refractivity contribution is 0.174. The monoisotopic (exact) mass is 278 g/mol. The number of nitrogens with two attached hydrogens (primary N) is 1. The minimum absolute atomic E-state index is 0.327. The van der Waals surface area contributed by atoms with Crippen molar-refractivity contribution in [3.05, 3.63) is 23.8 Å². The first kappa shape index (κ1) is 14.7. The normalized spacial score (nSPS) is 12.8. The summed E-state index contributed by atoms with van der Waals surface area (Å²) in [5, 5.41) is 0. The first-order chi connectivity index (χ1) is 8.40. The van der Waals surface area contributed by atoms with Gasteiger partial charge in [-0.2, -0.15) is 8.42 Å². The van der Waals surface area contributed by atoms with Crippen LogP contribution in [-0.2, 0) is 16.8 Å². The lowest BCUT2D eigenvalue weighted by atomic mass is 10.1. The molecule has 5 N–H and O–H groups in total. The van der Waals surface area contributed by atoms with Crippen molar-refractivity contribution in [2.45, 2.75) is 6.42 Å². The molecule has 0 aliphatic carbocycles. The maximum atomic E-state index is 8.74. The molecule has 0 bridgehead atoms. The van der Waals surface area contributed by atoms with Crippen molar-refractivity contribution in [2.75, 3.05) is 13.3 Å². The molecule has 1 heterocycles. The summed E-state index contributed by atoms with van der Waals surface area (Å²) in [6.45, 7) is 1.09. The SMILES string of the molecule is NNCCc1ccc2c(c1)OCO2.O=S(=O)(O)O. The number of rotatable bonds is 3. The Balaban J connectivity index is 0.000000280. The van der Waals surface area contributed by atoms with Crippen molar-refractivity contribution >= 4 is 10.4 Å². The summed E-state index contributed by atoms with van der Waals surface area (Å²) in [4.78, 5) is 0.